The lowest BCUT2D eigenvalue weighted by Gasteiger charge is -2.33. The van der Waals surface area contributed by atoms with Crippen LogP contribution in [0, 0.1) is 0 Å². The largest absolute Gasteiger partial charge is 0.504 e. The number of rotatable bonds is 12. The Morgan fingerprint density at radius 1 is 0.667 bits per heavy atom. The number of allylic oxidation sites excluding steroid dienone is 1. The van der Waals surface area contributed by atoms with Crippen molar-refractivity contribution in [2.24, 2.45) is 0 Å². The average Bonchev–Trinajstić information content (AvgIpc) is 2.52. The Hall–Kier alpha value is -0.973. The second-order valence-corrected chi connectivity index (χ2v) is 8.06. The van der Waals surface area contributed by atoms with Crippen LogP contribution >= 0.6 is 0 Å². The minimum Gasteiger partial charge on any atom is -0.374 e. The molecule has 0 aliphatic rings. The fourth-order valence-corrected chi connectivity index (χ4v) is 4.25. The van der Waals surface area contributed by atoms with Crippen LogP contribution in [-0.4, -0.2) is 58.9 Å². The summed E-state index contributed by atoms with van der Waals surface area (Å²) in [5.41, 5.74) is 0. The highest BCUT2D eigenvalue weighted by Crippen LogP contribution is 2.51. The van der Waals surface area contributed by atoms with Crippen molar-refractivity contribution in [3.05, 3.63) is 12.2 Å². The molecule has 0 rings (SSSR count). The van der Waals surface area contributed by atoms with Gasteiger partial charge in [-0.15, -0.1) is 0 Å². The fraction of sp³-hybridized carbons (Fsp3) is 0.857. The molecule has 1 unspecified atom stereocenters. The monoisotopic (exact) mass is 488 g/mol. The normalized spacial score (nSPS) is 16.9. The lowest BCUT2D eigenvalue weighted by Crippen LogP contribution is -2.58. The van der Waals surface area contributed by atoms with Crippen molar-refractivity contribution >= 4 is 8.80 Å². The van der Waals surface area contributed by atoms with Gasteiger partial charge in [-0.25, -0.2) is 0 Å². The van der Waals surface area contributed by atoms with Gasteiger partial charge in [0.25, 0.3) is 0 Å². The van der Waals surface area contributed by atoms with E-state index in [0.29, 0.717) is 0 Å². The maximum absolute atomic E-state index is 14.1. The Morgan fingerprint density at radius 2 is 1.07 bits per heavy atom. The van der Waals surface area contributed by atoms with E-state index in [4.69, 9.17) is 13.3 Å². The quantitative estimate of drug-likeness (QED) is 0.203. The predicted molar refractivity (Wildman–Crippen MR) is 81.5 cm³/mol. The van der Waals surface area contributed by atoms with Crippen LogP contribution in [0.4, 0.5) is 48.3 Å². The molecule has 0 aromatic heterocycles. The van der Waals surface area contributed by atoms with Crippen LogP contribution in [0.5, 0.6) is 0 Å². The molecule has 180 valence electrons. The SMILES string of the molecule is CCO[Si](C/C=C/C(F)(OC(F)(F)C(F)(F)C(F)(F)F)C(F)(F)F)(OCC)OCC. The van der Waals surface area contributed by atoms with Gasteiger partial charge in [-0.3, -0.25) is 4.74 Å². The van der Waals surface area contributed by atoms with Crippen LogP contribution in [0.3, 0.4) is 0 Å². The molecule has 0 heterocycles. The first-order valence-corrected chi connectivity index (χ1v) is 10.2. The summed E-state index contributed by atoms with van der Waals surface area (Å²) in [6, 6.07) is -0.755. The molecule has 0 spiro atoms. The molecule has 1 atom stereocenters. The van der Waals surface area contributed by atoms with Crippen molar-refractivity contribution in [2.75, 3.05) is 19.8 Å². The van der Waals surface area contributed by atoms with E-state index in [1.807, 2.05) is 0 Å². The van der Waals surface area contributed by atoms with E-state index >= 15 is 0 Å². The van der Waals surface area contributed by atoms with Gasteiger partial charge in [0.15, 0.2) is 0 Å². The van der Waals surface area contributed by atoms with E-state index in [2.05, 4.69) is 4.74 Å². The lowest BCUT2D eigenvalue weighted by molar-refractivity contribution is -0.473. The fourth-order valence-electron chi connectivity index (χ4n) is 1.92. The van der Waals surface area contributed by atoms with Crippen LogP contribution in [0.25, 0.3) is 0 Å². The second kappa shape index (κ2) is 10.1. The van der Waals surface area contributed by atoms with Gasteiger partial charge in [0.05, 0.1) is 0 Å². The van der Waals surface area contributed by atoms with Crippen molar-refractivity contribution in [3.8, 4) is 0 Å². The molecule has 0 N–H and O–H groups in total. The van der Waals surface area contributed by atoms with Crippen LogP contribution in [0.15, 0.2) is 12.2 Å². The molecule has 0 aliphatic carbocycles. The molecule has 0 aromatic carbocycles. The molecule has 0 aromatic rings. The van der Waals surface area contributed by atoms with E-state index in [9.17, 15) is 48.3 Å². The summed E-state index contributed by atoms with van der Waals surface area (Å²) in [5.74, 6) is -12.8. The van der Waals surface area contributed by atoms with E-state index in [1.165, 1.54) is 20.8 Å². The van der Waals surface area contributed by atoms with Crippen molar-refractivity contribution < 1.29 is 66.3 Å². The number of alkyl halides is 11. The molecular weight excluding hydrogens is 469 g/mol. The third-order valence-corrected chi connectivity index (χ3v) is 6.10. The van der Waals surface area contributed by atoms with Gasteiger partial charge in [0.1, 0.15) is 0 Å². The van der Waals surface area contributed by atoms with Crippen molar-refractivity contribution in [1.29, 1.82) is 0 Å². The molecule has 4 nitrogen and oxygen atoms in total. The highest BCUT2D eigenvalue weighted by atomic mass is 28.4. The van der Waals surface area contributed by atoms with E-state index in [0.717, 1.165) is 0 Å². The summed E-state index contributed by atoms with van der Waals surface area (Å²) >= 11 is 0. The van der Waals surface area contributed by atoms with Gasteiger partial charge in [0.2, 0.25) is 0 Å². The van der Waals surface area contributed by atoms with Crippen molar-refractivity contribution in [2.45, 2.75) is 57.1 Å². The maximum atomic E-state index is 14.1. The average molecular weight is 488 g/mol. The first kappa shape index (κ1) is 29.0. The summed E-state index contributed by atoms with van der Waals surface area (Å²) in [6.45, 7) is 4.11. The smallest absolute Gasteiger partial charge is 0.374 e. The summed E-state index contributed by atoms with van der Waals surface area (Å²) < 4.78 is 159. The van der Waals surface area contributed by atoms with E-state index < -0.39 is 51.2 Å². The molecule has 0 aliphatic heterocycles. The standard InChI is InChI=1S/C14H19F11O4Si/c1-4-26-30(27-5-2,28-6-3)9-7-8-10(15,12(18,19)20)29-14(24,25)11(16,17)13(21,22)23/h7-8H,4-6,9H2,1-3H3/b8-7+. The van der Waals surface area contributed by atoms with Gasteiger partial charge >= 0.3 is 39.0 Å². The first-order valence-electron chi connectivity index (χ1n) is 8.22. The molecule has 0 saturated heterocycles. The van der Waals surface area contributed by atoms with Gasteiger partial charge in [-0.1, -0.05) is 6.08 Å². The number of hydrogen-bond donors (Lipinski definition) is 0. The van der Waals surface area contributed by atoms with Crippen molar-refractivity contribution in [1.82, 2.24) is 0 Å². The maximum Gasteiger partial charge on any atom is 0.504 e. The Bertz CT molecular complexity index is 548. The third kappa shape index (κ3) is 6.76. The third-order valence-electron chi connectivity index (χ3n) is 3.18. The van der Waals surface area contributed by atoms with Crippen LogP contribution in [0.1, 0.15) is 20.8 Å². The molecule has 0 amide bonds. The zero-order valence-corrected chi connectivity index (χ0v) is 16.8. The van der Waals surface area contributed by atoms with Crippen LogP contribution in [0.2, 0.25) is 6.04 Å². The number of ether oxygens (including phenoxy) is 1. The van der Waals surface area contributed by atoms with Crippen LogP contribution < -0.4 is 0 Å². The topological polar surface area (TPSA) is 36.9 Å². The zero-order chi connectivity index (χ0) is 24.1. The van der Waals surface area contributed by atoms with Gasteiger partial charge < -0.3 is 13.3 Å². The molecule has 0 saturated carbocycles. The molecule has 0 fully saturated rings. The zero-order valence-electron chi connectivity index (χ0n) is 15.8. The summed E-state index contributed by atoms with van der Waals surface area (Å²) in [5, 5.41) is 0. The summed E-state index contributed by atoms with van der Waals surface area (Å²) in [7, 11) is -3.77. The minimum absolute atomic E-state index is 0.0769. The molecule has 16 heteroatoms. The summed E-state index contributed by atoms with van der Waals surface area (Å²) in [6.07, 6.45) is -20.9. The minimum atomic E-state index is -7.11. The highest BCUT2D eigenvalue weighted by Gasteiger charge is 2.78. The second-order valence-electron chi connectivity index (χ2n) is 5.42. The first-order chi connectivity index (χ1) is 13.3. The molecular formula is C14H19F11O4Si. The van der Waals surface area contributed by atoms with Crippen molar-refractivity contribution in [3.63, 3.8) is 0 Å². The van der Waals surface area contributed by atoms with Crippen LogP contribution in [-0.2, 0) is 18.0 Å². The predicted octanol–water partition coefficient (Wildman–Crippen LogP) is 5.63. The Labute approximate surface area is 165 Å². The number of halogens is 11. The van der Waals surface area contributed by atoms with E-state index in [1.54, 1.807) is 0 Å². The Morgan fingerprint density at radius 3 is 1.37 bits per heavy atom. The number of hydrogen-bond acceptors (Lipinski definition) is 4. The van der Waals surface area contributed by atoms with Gasteiger partial charge in [-0.2, -0.15) is 48.3 Å². The lowest BCUT2D eigenvalue weighted by atomic mass is 10.2. The van der Waals surface area contributed by atoms with E-state index in [-0.39, 0.29) is 25.9 Å². The molecule has 0 radical (unpaired) electrons. The summed E-state index contributed by atoms with van der Waals surface area (Å²) in [4.78, 5) is 0. The Balaban J connectivity index is 5.95. The van der Waals surface area contributed by atoms with Gasteiger partial charge in [-0.05, 0) is 26.8 Å². The molecule has 0 bridgehead atoms. The highest BCUT2D eigenvalue weighted by molar-refractivity contribution is 6.61. The molecule has 30 heavy (non-hydrogen) atoms. The Kier molecular flexibility index (Phi) is 9.77. The van der Waals surface area contributed by atoms with Gasteiger partial charge in [0, 0.05) is 25.9 Å².